The van der Waals surface area contributed by atoms with Gasteiger partial charge in [0.25, 0.3) is 5.91 Å². The summed E-state index contributed by atoms with van der Waals surface area (Å²) in [6, 6.07) is 11.9. The van der Waals surface area contributed by atoms with Crippen molar-refractivity contribution in [1.29, 1.82) is 0 Å². The number of nitro benzene ring substituents is 1. The van der Waals surface area contributed by atoms with Gasteiger partial charge in [0.05, 0.1) is 17.6 Å². The van der Waals surface area contributed by atoms with Gasteiger partial charge in [-0.1, -0.05) is 12.1 Å². The molecule has 1 N–H and O–H groups in total. The van der Waals surface area contributed by atoms with Gasteiger partial charge in [0.2, 0.25) is 0 Å². The second-order valence-electron chi connectivity index (χ2n) is 4.63. The fourth-order valence-electron chi connectivity index (χ4n) is 1.88. The molecule has 0 radical (unpaired) electrons. The number of benzene rings is 2. The van der Waals surface area contributed by atoms with Gasteiger partial charge >= 0.3 is 11.7 Å². The second kappa shape index (κ2) is 7.73. The third-order valence-electron chi connectivity index (χ3n) is 3.01. The van der Waals surface area contributed by atoms with E-state index in [1.54, 1.807) is 6.07 Å². The summed E-state index contributed by atoms with van der Waals surface area (Å²) in [7, 11) is 1.28. The van der Waals surface area contributed by atoms with Crippen LogP contribution < -0.4 is 10.1 Å². The van der Waals surface area contributed by atoms with E-state index >= 15 is 0 Å². The van der Waals surface area contributed by atoms with E-state index in [4.69, 9.17) is 4.74 Å². The molecule has 2 aromatic rings. The van der Waals surface area contributed by atoms with Crippen LogP contribution in [0.1, 0.15) is 10.4 Å². The maximum atomic E-state index is 11.8. The van der Waals surface area contributed by atoms with Crippen molar-refractivity contribution in [2.24, 2.45) is 0 Å². The van der Waals surface area contributed by atoms with Gasteiger partial charge in [-0.2, -0.15) is 0 Å². The zero-order chi connectivity index (χ0) is 17.5. The molecule has 1 amide bonds. The number of esters is 1. The number of amides is 1. The van der Waals surface area contributed by atoms with Crippen LogP contribution in [0.4, 0.5) is 11.4 Å². The SMILES string of the molecule is COC(=O)c1ccc(NC(=O)COc2ccccc2[N+](=O)[O-])cc1. The first-order chi connectivity index (χ1) is 11.5. The summed E-state index contributed by atoms with van der Waals surface area (Å²) in [5, 5.41) is 13.4. The summed E-state index contributed by atoms with van der Waals surface area (Å²) in [5.41, 5.74) is 0.596. The van der Waals surface area contributed by atoms with Crippen molar-refractivity contribution >= 4 is 23.3 Å². The Morgan fingerprint density at radius 2 is 1.79 bits per heavy atom. The average molecular weight is 330 g/mol. The quantitative estimate of drug-likeness (QED) is 0.495. The minimum Gasteiger partial charge on any atom is -0.477 e. The van der Waals surface area contributed by atoms with Crippen LogP contribution in [0.5, 0.6) is 5.75 Å². The van der Waals surface area contributed by atoms with E-state index in [2.05, 4.69) is 10.1 Å². The monoisotopic (exact) mass is 330 g/mol. The molecule has 2 aromatic carbocycles. The molecule has 124 valence electrons. The molecule has 0 bridgehead atoms. The molecule has 0 saturated carbocycles. The van der Waals surface area contributed by atoms with Crippen molar-refractivity contribution in [3.63, 3.8) is 0 Å². The van der Waals surface area contributed by atoms with Crippen LogP contribution in [0, 0.1) is 10.1 Å². The number of anilines is 1. The van der Waals surface area contributed by atoms with Gasteiger partial charge in [-0.3, -0.25) is 14.9 Å². The highest BCUT2D eigenvalue weighted by Gasteiger charge is 2.15. The number of methoxy groups -OCH3 is 1. The first kappa shape index (κ1) is 16.9. The largest absolute Gasteiger partial charge is 0.477 e. The normalized spacial score (nSPS) is 9.88. The Kier molecular flexibility index (Phi) is 5.45. The van der Waals surface area contributed by atoms with Gasteiger partial charge in [0.15, 0.2) is 12.4 Å². The van der Waals surface area contributed by atoms with Gasteiger partial charge < -0.3 is 14.8 Å². The molecule has 0 aliphatic carbocycles. The Balaban J connectivity index is 1.94. The van der Waals surface area contributed by atoms with E-state index in [1.807, 2.05) is 0 Å². The van der Waals surface area contributed by atoms with E-state index in [1.165, 1.54) is 49.6 Å². The zero-order valence-electron chi connectivity index (χ0n) is 12.7. The molecule has 0 fully saturated rings. The number of rotatable bonds is 6. The number of hydrogen-bond donors (Lipinski definition) is 1. The number of para-hydroxylation sites is 2. The highest BCUT2D eigenvalue weighted by Crippen LogP contribution is 2.25. The predicted octanol–water partition coefficient (Wildman–Crippen LogP) is 2.40. The Bertz CT molecular complexity index is 757. The molecule has 0 aliphatic heterocycles. The Morgan fingerprint density at radius 3 is 2.42 bits per heavy atom. The Labute approximate surface area is 137 Å². The molecule has 8 nitrogen and oxygen atoms in total. The van der Waals surface area contributed by atoms with Crippen LogP contribution in [0.3, 0.4) is 0 Å². The number of carbonyl (C=O) groups excluding carboxylic acids is 2. The van der Waals surface area contributed by atoms with Crippen LogP contribution >= 0.6 is 0 Å². The first-order valence-electron chi connectivity index (χ1n) is 6.85. The van der Waals surface area contributed by atoms with Gasteiger partial charge in [-0.15, -0.1) is 0 Å². The molecular formula is C16H14N2O6. The number of nitrogens with zero attached hydrogens (tertiary/aromatic N) is 1. The number of carbonyl (C=O) groups is 2. The van der Waals surface area contributed by atoms with Crippen LogP contribution in [0.25, 0.3) is 0 Å². The average Bonchev–Trinajstić information content (AvgIpc) is 2.60. The predicted molar refractivity (Wildman–Crippen MR) is 85.0 cm³/mol. The summed E-state index contributed by atoms with van der Waals surface area (Å²) in [5.74, 6) is -0.953. The minimum absolute atomic E-state index is 0.0127. The summed E-state index contributed by atoms with van der Waals surface area (Å²) in [4.78, 5) is 33.4. The standard InChI is InChI=1S/C16H14N2O6/c1-23-16(20)11-6-8-12(9-7-11)17-15(19)10-24-14-5-3-2-4-13(14)18(21)22/h2-9H,10H2,1H3,(H,17,19). The lowest BCUT2D eigenvalue weighted by molar-refractivity contribution is -0.385. The van der Waals surface area contributed by atoms with Crippen LogP contribution in [-0.2, 0) is 9.53 Å². The van der Waals surface area contributed by atoms with Crippen molar-refractivity contribution in [2.45, 2.75) is 0 Å². The topological polar surface area (TPSA) is 108 Å². The highest BCUT2D eigenvalue weighted by molar-refractivity contribution is 5.93. The van der Waals surface area contributed by atoms with Gasteiger partial charge in [-0.25, -0.2) is 4.79 Å². The van der Waals surface area contributed by atoms with E-state index in [-0.39, 0.29) is 18.0 Å². The van der Waals surface area contributed by atoms with Crippen molar-refractivity contribution in [3.05, 3.63) is 64.2 Å². The summed E-state index contributed by atoms with van der Waals surface area (Å²) >= 11 is 0. The van der Waals surface area contributed by atoms with Crippen LogP contribution in [0.15, 0.2) is 48.5 Å². The van der Waals surface area contributed by atoms with Gasteiger partial charge in [0, 0.05) is 11.8 Å². The summed E-state index contributed by atoms with van der Waals surface area (Å²) < 4.78 is 9.76. The Morgan fingerprint density at radius 1 is 1.12 bits per heavy atom. The number of ether oxygens (including phenoxy) is 2. The van der Waals surface area contributed by atoms with E-state index in [9.17, 15) is 19.7 Å². The maximum absolute atomic E-state index is 11.8. The lowest BCUT2D eigenvalue weighted by Crippen LogP contribution is -2.20. The lowest BCUT2D eigenvalue weighted by Gasteiger charge is -2.08. The highest BCUT2D eigenvalue weighted by atomic mass is 16.6. The fourth-order valence-corrected chi connectivity index (χ4v) is 1.88. The molecular weight excluding hydrogens is 316 g/mol. The minimum atomic E-state index is -0.585. The first-order valence-corrected chi connectivity index (χ1v) is 6.85. The van der Waals surface area contributed by atoms with Crippen molar-refractivity contribution < 1.29 is 24.0 Å². The van der Waals surface area contributed by atoms with E-state index in [0.29, 0.717) is 11.3 Å². The molecule has 0 unspecified atom stereocenters. The molecule has 0 heterocycles. The zero-order valence-corrected chi connectivity index (χ0v) is 12.7. The van der Waals surface area contributed by atoms with Crippen molar-refractivity contribution in [2.75, 3.05) is 19.0 Å². The molecule has 0 spiro atoms. The Hall–Kier alpha value is -3.42. The molecule has 0 aromatic heterocycles. The number of nitrogens with one attached hydrogen (secondary N) is 1. The summed E-state index contributed by atoms with van der Waals surface area (Å²) in [6.45, 7) is -0.385. The molecule has 0 saturated heterocycles. The second-order valence-corrected chi connectivity index (χ2v) is 4.63. The van der Waals surface area contributed by atoms with Crippen molar-refractivity contribution in [1.82, 2.24) is 0 Å². The fraction of sp³-hybridized carbons (Fsp3) is 0.125. The molecule has 24 heavy (non-hydrogen) atoms. The van der Waals surface area contributed by atoms with Gasteiger partial charge in [0.1, 0.15) is 0 Å². The lowest BCUT2D eigenvalue weighted by atomic mass is 10.2. The third-order valence-corrected chi connectivity index (χ3v) is 3.01. The van der Waals surface area contributed by atoms with Crippen LogP contribution in [-0.4, -0.2) is 30.5 Å². The van der Waals surface area contributed by atoms with E-state index < -0.39 is 16.8 Å². The number of hydrogen-bond acceptors (Lipinski definition) is 6. The van der Waals surface area contributed by atoms with Crippen molar-refractivity contribution in [3.8, 4) is 5.75 Å². The number of nitro groups is 1. The molecule has 0 atom stereocenters. The van der Waals surface area contributed by atoms with Crippen LogP contribution in [0.2, 0.25) is 0 Å². The molecule has 8 heteroatoms. The van der Waals surface area contributed by atoms with Gasteiger partial charge in [-0.05, 0) is 30.3 Å². The summed E-state index contributed by atoms with van der Waals surface area (Å²) in [6.07, 6.45) is 0. The smallest absolute Gasteiger partial charge is 0.337 e. The molecule has 2 rings (SSSR count). The molecule has 0 aliphatic rings. The van der Waals surface area contributed by atoms with E-state index in [0.717, 1.165) is 0 Å². The third kappa shape index (κ3) is 4.29. The maximum Gasteiger partial charge on any atom is 0.337 e.